The molecule has 1 aromatic heterocycles. The molecule has 5 nitrogen and oxygen atoms in total. The van der Waals surface area contributed by atoms with Crippen molar-refractivity contribution in [2.45, 2.75) is 31.7 Å². The number of pyridine rings is 1. The summed E-state index contributed by atoms with van der Waals surface area (Å²) in [5, 5.41) is 8.87. The Kier molecular flexibility index (Phi) is 6.66. The van der Waals surface area contributed by atoms with E-state index in [0.29, 0.717) is 5.56 Å². The number of hydrogen-bond acceptors (Lipinski definition) is 4. The third-order valence-electron chi connectivity index (χ3n) is 5.73. The zero-order chi connectivity index (χ0) is 18.6. The topological polar surface area (TPSA) is 60.2 Å². The van der Waals surface area contributed by atoms with E-state index in [9.17, 15) is 4.79 Å². The Labute approximate surface area is 172 Å². The lowest BCUT2D eigenvalue weighted by Crippen LogP contribution is -2.42. The summed E-state index contributed by atoms with van der Waals surface area (Å²) in [5.41, 5.74) is 3.02. The SMILES string of the molecule is Cl.N#Cc1ccc(-c2ccc(C(=O)N3CCCN(C4CCC4)CC3)cc2)nc1. The van der Waals surface area contributed by atoms with Crippen molar-refractivity contribution in [3.05, 3.63) is 53.7 Å². The van der Waals surface area contributed by atoms with E-state index in [1.165, 1.54) is 19.3 Å². The third kappa shape index (κ3) is 4.35. The van der Waals surface area contributed by atoms with E-state index in [1.54, 1.807) is 12.3 Å². The molecule has 2 aliphatic rings. The minimum Gasteiger partial charge on any atom is -0.337 e. The van der Waals surface area contributed by atoms with Crippen LogP contribution in [-0.2, 0) is 0 Å². The average Bonchev–Trinajstić information content (AvgIpc) is 2.92. The third-order valence-corrected chi connectivity index (χ3v) is 5.73. The Morgan fingerprint density at radius 2 is 1.79 bits per heavy atom. The standard InChI is InChI=1S/C22H24N4O.ClH/c23-15-17-5-10-21(24-16-17)18-6-8-19(9-7-18)22(27)26-12-2-11-25(13-14-26)20-3-1-4-20;/h5-10,16,20H,1-4,11-14H2;1H. The predicted molar refractivity (Wildman–Crippen MR) is 111 cm³/mol. The molecule has 1 aliphatic heterocycles. The maximum atomic E-state index is 12.9. The van der Waals surface area contributed by atoms with Crippen LogP contribution >= 0.6 is 12.4 Å². The van der Waals surface area contributed by atoms with Gasteiger partial charge in [0, 0.05) is 49.5 Å². The second kappa shape index (κ2) is 9.18. The fourth-order valence-electron chi connectivity index (χ4n) is 3.85. The molecule has 1 aliphatic carbocycles. The summed E-state index contributed by atoms with van der Waals surface area (Å²) in [6.07, 6.45) is 6.61. The Bertz CT molecular complexity index is 840. The van der Waals surface area contributed by atoms with Crippen LogP contribution in [0.25, 0.3) is 11.3 Å². The highest BCUT2D eigenvalue weighted by Gasteiger charge is 2.27. The van der Waals surface area contributed by atoms with E-state index in [4.69, 9.17) is 5.26 Å². The van der Waals surface area contributed by atoms with Crippen LogP contribution < -0.4 is 0 Å². The minimum atomic E-state index is 0. The second-order valence-electron chi connectivity index (χ2n) is 7.39. The van der Waals surface area contributed by atoms with Gasteiger partial charge in [-0.25, -0.2) is 0 Å². The molecular formula is C22H25ClN4O. The number of benzene rings is 1. The lowest BCUT2D eigenvalue weighted by molar-refractivity contribution is 0.0749. The van der Waals surface area contributed by atoms with Crippen LogP contribution in [0.15, 0.2) is 42.6 Å². The Balaban J connectivity index is 0.00000225. The van der Waals surface area contributed by atoms with Crippen LogP contribution in [0, 0.1) is 11.3 Å². The largest absolute Gasteiger partial charge is 0.337 e. The molecule has 28 heavy (non-hydrogen) atoms. The summed E-state index contributed by atoms with van der Waals surface area (Å²) in [6.45, 7) is 3.75. The summed E-state index contributed by atoms with van der Waals surface area (Å²) in [7, 11) is 0. The molecule has 146 valence electrons. The van der Waals surface area contributed by atoms with Gasteiger partial charge in [0.2, 0.25) is 0 Å². The summed E-state index contributed by atoms with van der Waals surface area (Å²) >= 11 is 0. The van der Waals surface area contributed by atoms with E-state index in [1.807, 2.05) is 35.2 Å². The highest BCUT2D eigenvalue weighted by molar-refractivity contribution is 5.94. The highest BCUT2D eigenvalue weighted by Crippen LogP contribution is 2.26. The number of nitriles is 1. The van der Waals surface area contributed by atoms with E-state index < -0.39 is 0 Å². The van der Waals surface area contributed by atoms with Crippen molar-refractivity contribution in [2.75, 3.05) is 26.2 Å². The molecule has 1 amide bonds. The molecule has 0 spiro atoms. The first-order valence-corrected chi connectivity index (χ1v) is 9.74. The van der Waals surface area contributed by atoms with Gasteiger partial charge < -0.3 is 4.90 Å². The van der Waals surface area contributed by atoms with Crippen molar-refractivity contribution < 1.29 is 4.79 Å². The molecule has 2 heterocycles. The van der Waals surface area contributed by atoms with Crippen molar-refractivity contribution in [3.63, 3.8) is 0 Å². The number of amides is 1. The molecular weight excluding hydrogens is 372 g/mol. The number of rotatable bonds is 3. The Morgan fingerprint density at radius 3 is 2.39 bits per heavy atom. The van der Waals surface area contributed by atoms with Crippen LogP contribution in [0.5, 0.6) is 0 Å². The van der Waals surface area contributed by atoms with Gasteiger partial charge in [-0.3, -0.25) is 14.7 Å². The molecule has 0 bridgehead atoms. The molecule has 1 saturated heterocycles. The molecule has 0 unspecified atom stereocenters. The van der Waals surface area contributed by atoms with Gasteiger partial charge in [0.05, 0.1) is 11.3 Å². The number of hydrogen-bond donors (Lipinski definition) is 0. The van der Waals surface area contributed by atoms with Gasteiger partial charge in [-0.15, -0.1) is 12.4 Å². The molecule has 0 N–H and O–H groups in total. The van der Waals surface area contributed by atoms with Gasteiger partial charge >= 0.3 is 0 Å². The Morgan fingerprint density at radius 1 is 1.00 bits per heavy atom. The zero-order valence-corrected chi connectivity index (χ0v) is 16.7. The number of nitrogens with zero attached hydrogens (tertiary/aromatic N) is 4. The number of aromatic nitrogens is 1. The van der Waals surface area contributed by atoms with Crippen molar-refractivity contribution in [3.8, 4) is 17.3 Å². The molecule has 1 saturated carbocycles. The lowest BCUT2D eigenvalue weighted by atomic mass is 9.91. The maximum absolute atomic E-state index is 12.9. The molecule has 6 heteroatoms. The lowest BCUT2D eigenvalue weighted by Gasteiger charge is -2.36. The van der Waals surface area contributed by atoms with Gasteiger partial charge in [0.1, 0.15) is 6.07 Å². The van der Waals surface area contributed by atoms with E-state index in [2.05, 4.69) is 16.0 Å². The van der Waals surface area contributed by atoms with E-state index in [0.717, 1.165) is 55.5 Å². The van der Waals surface area contributed by atoms with Gasteiger partial charge in [-0.2, -0.15) is 5.26 Å². The van der Waals surface area contributed by atoms with E-state index >= 15 is 0 Å². The van der Waals surface area contributed by atoms with Crippen molar-refractivity contribution in [1.82, 2.24) is 14.8 Å². The van der Waals surface area contributed by atoms with Crippen LogP contribution in [0.2, 0.25) is 0 Å². The number of halogens is 1. The van der Waals surface area contributed by atoms with Crippen molar-refractivity contribution in [2.24, 2.45) is 0 Å². The van der Waals surface area contributed by atoms with Gasteiger partial charge in [-0.1, -0.05) is 18.6 Å². The summed E-state index contributed by atoms with van der Waals surface area (Å²) in [5.74, 6) is 0.116. The molecule has 1 aromatic carbocycles. The van der Waals surface area contributed by atoms with Crippen LogP contribution in [-0.4, -0.2) is 52.9 Å². The van der Waals surface area contributed by atoms with Crippen LogP contribution in [0.3, 0.4) is 0 Å². The maximum Gasteiger partial charge on any atom is 0.253 e. The number of carbonyl (C=O) groups excluding carboxylic acids is 1. The van der Waals surface area contributed by atoms with Gasteiger partial charge in [-0.05, 0) is 43.5 Å². The van der Waals surface area contributed by atoms with E-state index in [-0.39, 0.29) is 18.3 Å². The van der Waals surface area contributed by atoms with Crippen molar-refractivity contribution >= 4 is 18.3 Å². The summed E-state index contributed by atoms with van der Waals surface area (Å²) < 4.78 is 0. The molecule has 2 fully saturated rings. The summed E-state index contributed by atoms with van der Waals surface area (Å²) in [6, 6.07) is 14.0. The average molecular weight is 397 g/mol. The van der Waals surface area contributed by atoms with Gasteiger partial charge in [0.25, 0.3) is 5.91 Å². The quantitative estimate of drug-likeness (QED) is 0.792. The second-order valence-corrected chi connectivity index (χ2v) is 7.39. The predicted octanol–water partition coefficient (Wildman–Crippen LogP) is 3.74. The molecule has 4 rings (SSSR count). The first-order chi connectivity index (χ1) is 13.2. The highest BCUT2D eigenvalue weighted by atomic mass is 35.5. The smallest absolute Gasteiger partial charge is 0.253 e. The molecule has 2 aromatic rings. The zero-order valence-electron chi connectivity index (χ0n) is 15.9. The molecule has 0 atom stereocenters. The fourth-order valence-corrected chi connectivity index (χ4v) is 3.85. The van der Waals surface area contributed by atoms with Crippen LogP contribution in [0.1, 0.15) is 41.6 Å². The molecule has 0 radical (unpaired) electrons. The monoisotopic (exact) mass is 396 g/mol. The summed E-state index contributed by atoms with van der Waals surface area (Å²) in [4.78, 5) is 21.8. The normalized spacial score (nSPS) is 17.8. The first-order valence-electron chi connectivity index (χ1n) is 9.74. The van der Waals surface area contributed by atoms with Gasteiger partial charge in [0.15, 0.2) is 0 Å². The Hall–Kier alpha value is -2.42. The van der Waals surface area contributed by atoms with Crippen molar-refractivity contribution in [1.29, 1.82) is 5.26 Å². The minimum absolute atomic E-state index is 0. The number of carbonyl (C=O) groups is 1. The fraction of sp³-hybridized carbons (Fsp3) is 0.409. The van der Waals surface area contributed by atoms with Crippen LogP contribution in [0.4, 0.5) is 0 Å². The first kappa shape index (κ1) is 20.3.